The normalized spacial score (nSPS) is 12.7. The van der Waals surface area contributed by atoms with E-state index in [-0.39, 0.29) is 5.82 Å². The molecule has 1 aromatic heterocycles. The van der Waals surface area contributed by atoms with Crippen LogP contribution in [0.2, 0.25) is 0 Å². The molecule has 0 bridgehead atoms. The molecule has 0 radical (unpaired) electrons. The Morgan fingerprint density at radius 2 is 2.13 bits per heavy atom. The van der Waals surface area contributed by atoms with Crippen LogP contribution in [0.3, 0.4) is 0 Å². The van der Waals surface area contributed by atoms with Crippen molar-refractivity contribution in [1.29, 1.82) is 0 Å². The largest absolute Gasteiger partial charge is 0.383 e. The summed E-state index contributed by atoms with van der Waals surface area (Å²) in [7, 11) is 0. The van der Waals surface area contributed by atoms with Gasteiger partial charge in [-0.25, -0.2) is 4.39 Å². The molecule has 2 aromatic rings. The lowest BCUT2D eigenvalue weighted by atomic mass is 10.1. The van der Waals surface area contributed by atoms with Gasteiger partial charge in [-0.1, -0.05) is 12.1 Å². The number of hydrogen-bond acceptors (Lipinski definition) is 2. The fourth-order valence-electron chi connectivity index (χ4n) is 1.31. The van der Waals surface area contributed by atoms with Gasteiger partial charge in [0.05, 0.1) is 0 Å². The molecule has 1 atom stereocenters. The van der Waals surface area contributed by atoms with Gasteiger partial charge in [0.15, 0.2) is 0 Å². The minimum absolute atomic E-state index is 0.331. The summed E-state index contributed by atoms with van der Waals surface area (Å²) in [6.07, 6.45) is -0.753. The predicted molar refractivity (Wildman–Crippen MR) is 62.5 cm³/mol. The zero-order valence-corrected chi connectivity index (χ0v) is 10.1. The number of halogens is 2. The topological polar surface area (TPSA) is 20.2 Å². The minimum Gasteiger partial charge on any atom is -0.383 e. The van der Waals surface area contributed by atoms with Gasteiger partial charge in [0.2, 0.25) is 0 Å². The van der Waals surface area contributed by atoms with Crippen LogP contribution in [0.4, 0.5) is 4.39 Å². The average molecular weight is 287 g/mol. The third-order valence-corrected chi connectivity index (χ3v) is 3.77. The number of hydrogen-bond donors (Lipinski definition) is 1. The van der Waals surface area contributed by atoms with E-state index < -0.39 is 6.10 Å². The maximum absolute atomic E-state index is 12.9. The molecule has 1 heterocycles. The van der Waals surface area contributed by atoms with Gasteiger partial charge < -0.3 is 5.11 Å². The smallest absolute Gasteiger partial charge is 0.123 e. The Hall–Kier alpha value is -0.710. The van der Waals surface area contributed by atoms with Crippen LogP contribution < -0.4 is 0 Å². The molecule has 0 saturated heterocycles. The van der Waals surface area contributed by atoms with Crippen LogP contribution in [0.5, 0.6) is 0 Å². The van der Waals surface area contributed by atoms with Crippen molar-refractivity contribution in [2.45, 2.75) is 6.10 Å². The fourth-order valence-corrected chi connectivity index (χ4v) is 2.77. The van der Waals surface area contributed by atoms with Gasteiger partial charge in [-0.15, -0.1) is 11.3 Å². The zero-order chi connectivity index (χ0) is 10.8. The van der Waals surface area contributed by atoms with E-state index in [1.165, 1.54) is 23.5 Å². The minimum atomic E-state index is -0.753. The molecule has 4 heteroatoms. The monoisotopic (exact) mass is 286 g/mol. The fraction of sp³-hybridized carbons (Fsp3) is 0.0909. The molecular weight excluding hydrogens is 279 g/mol. The first-order chi connectivity index (χ1) is 7.16. The highest BCUT2D eigenvalue weighted by Crippen LogP contribution is 2.29. The third kappa shape index (κ3) is 2.45. The van der Waals surface area contributed by atoms with Crippen LogP contribution in [0, 0.1) is 5.82 Å². The van der Waals surface area contributed by atoms with Gasteiger partial charge in [-0.2, -0.15) is 0 Å². The molecule has 1 unspecified atom stereocenters. The van der Waals surface area contributed by atoms with E-state index in [0.717, 1.165) is 9.35 Å². The third-order valence-electron chi connectivity index (χ3n) is 2.02. The molecule has 0 aliphatic heterocycles. The number of benzene rings is 1. The molecule has 0 spiro atoms. The Kier molecular flexibility index (Phi) is 3.19. The Bertz CT molecular complexity index is 469. The van der Waals surface area contributed by atoms with Crippen LogP contribution >= 0.6 is 27.3 Å². The highest BCUT2D eigenvalue weighted by atomic mass is 79.9. The van der Waals surface area contributed by atoms with Crippen molar-refractivity contribution in [2.75, 3.05) is 0 Å². The molecule has 2 rings (SSSR count). The second-order valence-corrected chi connectivity index (χ2v) is 4.98. The number of rotatable bonds is 2. The van der Waals surface area contributed by atoms with E-state index >= 15 is 0 Å². The van der Waals surface area contributed by atoms with Crippen molar-refractivity contribution < 1.29 is 9.50 Å². The van der Waals surface area contributed by atoms with E-state index in [0.29, 0.717) is 5.56 Å². The van der Waals surface area contributed by atoms with E-state index in [1.54, 1.807) is 12.1 Å². The average Bonchev–Trinajstić information content (AvgIpc) is 2.64. The highest BCUT2D eigenvalue weighted by Gasteiger charge is 2.12. The number of aliphatic hydroxyl groups excluding tert-OH is 1. The molecule has 1 N–H and O–H groups in total. The second kappa shape index (κ2) is 4.43. The van der Waals surface area contributed by atoms with Gasteiger partial charge in [0.25, 0.3) is 0 Å². The molecule has 0 aliphatic carbocycles. The Morgan fingerprint density at radius 3 is 2.73 bits per heavy atom. The first kappa shape index (κ1) is 10.8. The summed E-state index contributed by atoms with van der Waals surface area (Å²) in [5.41, 5.74) is 0.573. The van der Waals surface area contributed by atoms with E-state index in [2.05, 4.69) is 15.9 Å². The van der Waals surface area contributed by atoms with Crippen molar-refractivity contribution >= 4 is 27.3 Å². The Morgan fingerprint density at radius 1 is 1.33 bits per heavy atom. The Balaban J connectivity index is 2.32. The van der Waals surface area contributed by atoms with Crippen LogP contribution in [-0.2, 0) is 0 Å². The van der Waals surface area contributed by atoms with Gasteiger partial charge in [0, 0.05) is 14.7 Å². The summed E-state index contributed by atoms with van der Waals surface area (Å²) >= 11 is 4.75. The summed E-state index contributed by atoms with van der Waals surface area (Å²) in [6.45, 7) is 0. The van der Waals surface area contributed by atoms with Crippen LogP contribution in [0.15, 0.2) is 40.2 Å². The zero-order valence-electron chi connectivity index (χ0n) is 7.65. The lowest BCUT2D eigenvalue weighted by Gasteiger charge is -2.08. The maximum Gasteiger partial charge on any atom is 0.123 e. The lowest BCUT2D eigenvalue weighted by Crippen LogP contribution is -1.97. The first-order valence-corrected chi connectivity index (χ1v) is 6.01. The summed E-state index contributed by atoms with van der Waals surface area (Å²) in [5.74, 6) is -0.331. The highest BCUT2D eigenvalue weighted by molar-refractivity contribution is 9.10. The first-order valence-electron chi connectivity index (χ1n) is 4.34. The summed E-state index contributed by atoms with van der Waals surface area (Å²) in [4.78, 5) is 0.799. The molecule has 1 aromatic carbocycles. The lowest BCUT2D eigenvalue weighted by molar-refractivity contribution is 0.223. The van der Waals surface area contributed by atoms with Crippen LogP contribution in [0.25, 0.3) is 0 Å². The van der Waals surface area contributed by atoms with Gasteiger partial charge >= 0.3 is 0 Å². The quantitative estimate of drug-likeness (QED) is 0.892. The van der Waals surface area contributed by atoms with E-state index in [4.69, 9.17) is 0 Å². The molecule has 0 saturated carbocycles. The van der Waals surface area contributed by atoms with Crippen molar-refractivity contribution in [3.05, 3.63) is 56.4 Å². The van der Waals surface area contributed by atoms with E-state index in [9.17, 15) is 9.50 Å². The summed E-state index contributed by atoms with van der Waals surface area (Å²) < 4.78 is 13.9. The predicted octanol–water partition coefficient (Wildman–Crippen LogP) is 3.73. The van der Waals surface area contributed by atoms with Crippen molar-refractivity contribution in [1.82, 2.24) is 0 Å². The number of aliphatic hydroxyl groups is 1. The molecule has 78 valence electrons. The molecule has 0 aliphatic rings. The van der Waals surface area contributed by atoms with Crippen molar-refractivity contribution in [3.63, 3.8) is 0 Å². The molecule has 0 fully saturated rings. The van der Waals surface area contributed by atoms with Crippen LogP contribution in [0.1, 0.15) is 16.5 Å². The maximum atomic E-state index is 12.9. The van der Waals surface area contributed by atoms with Gasteiger partial charge in [-0.05, 0) is 39.7 Å². The standard InChI is InChI=1S/C11H8BrFOS/c12-8-5-10(15-6-8)11(14)7-2-1-3-9(13)4-7/h1-6,11,14H. The molecule has 15 heavy (non-hydrogen) atoms. The molecular formula is C11H8BrFOS. The summed E-state index contributed by atoms with van der Waals surface area (Å²) in [5, 5.41) is 11.8. The molecule has 1 nitrogen and oxygen atoms in total. The van der Waals surface area contributed by atoms with Crippen molar-refractivity contribution in [2.24, 2.45) is 0 Å². The second-order valence-electron chi connectivity index (χ2n) is 3.12. The van der Waals surface area contributed by atoms with E-state index in [1.807, 2.05) is 11.4 Å². The SMILES string of the molecule is OC(c1cccc(F)c1)c1cc(Br)cs1. The Labute approximate surface area is 99.3 Å². The van der Waals surface area contributed by atoms with Crippen molar-refractivity contribution in [3.8, 4) is 0 Å². The molecule has 0 amide bonds. The van der Waals surface area contributed by atoms with Gasteiger partial charge in [0.1, 0.15) is 11.9 Å². The number of thiophene rings is 1. The summed E-state index contributed by atoms with van der Waals surface area (Å²) in [6, 6.07) is 7.84. The van der Waals surface area contributed by atoms with Gasteiger partial charge in [-0.3, -0.25) is 0 Å². The van der Waals surface area contributed by atoms with Crippen LogP contribution in [-0.4, -0.2) is 5.11 Å².